The van der Waals surface area contributed by atoms with Crippen LogP contribution >= 0.6 is 0 Å². The normalized spacial score (nSPS) is 11.2. The monoisotopic (exact) mass is 715 g/mol. The summed E-state index contributed by atoms with van der Waals surface area (Å²) in [6.07, 6.45) is 0. The van der Waals surface area contributed by atoms with Crippen LogP contribution in [0.5, 0.6) is 0 Å². The number of benzene rings is 9. The second kappa shape index (κ2) is 14.4. The first-order valence-electron chi connectivity index (χ1n) is 19.1. The summed E-state index contributed by atoms with van der Waals surface area (Å²) in [7, 11) is 0. The molecule has 0 saturated heterocycles. The number of fused-ring (bicyclic) bond motifs is 3. The van der Waals surface area contributed by atoms with Gasteiger partial charge in [0.1, 0.15) is 11.2 Å². The van der Waals surface area contributed by atoms with Crippen LogP contribution in [0.15, 0.2) is 229 Å². The van der Waals surface area contributed by atoms with Gasteiger partial charge in [-0.1, -0.05) is 188 Å². The molecule has 9 aromatic carbocycles. The SMILES string of the molecule is c1ccc(-c2cccc(N(c3cccc(-c4cccc5c4oc4ccccc45)c3)c3cccc(-c4ccccc4)c3-c3ccccc3-c3ccccc3)c2)cc1. The molecule has 0 aliphatic carbocycles. The Kier molecular flexibility index (Phi) is 8.55. The highest BCUT2D eigenvalue weighted by Gasteiger charge is 2.23. The van der Waals surface area contributed by atoms with Crippen LogP contribution in [0, 0.1) is 0 Å². The zero-order valence-electron chi connectivity index (χ0n) is 30.7. The zero-order chi connectivity index (χ0) is 37.3. The van der Waals surface area contributed by atoms with E-state index in [2.05, 4.69) is 217 Å². The first-order chi connectivity index (χ1) is 27.8. The molecule has 1 heterocycles. The Bertz CT molecular complexity index is 2960. The summed E-state index contributed by atoms with van der Waals surface area (Å²) in [5, 5.41) is 2.24. The minimum absolute atomic E-state index is 0.893. The second-order valence-electron chi connectivity index (χ2n) is 14.1. The number of hydrogen-bond acceptors (Lipinski definition) is 2. The Labute approximate surface area is 327 Å². The predicted octanol–water partition coefficient (Wildman–Crippen LogP) is 15.4. The van der Waals surface area contributed by atoms with Crippen molar-refractivity contribution in [3.05, 3.63) is 224 Å². The van der Waals surface area contributed by atoms with E-state index in [1.54, 1.807) is 0 Å². The Balaban J connectivity index is 1.25. The summed E-state index contributed by atoms with van der Waals surface area (Å²) in [4.78, 5) is 2.43. The highest BCUT2D eigenvalue weighted by molar-refractivity contribution is 6.10. The number of nitrogens with zero attached hydrogens (tertiary/aromatic N) is 1. The fraction of sp³-hybridized carbons (Fsp3) is 0. The fourth-order valence-electron chi connectivity index (χ4n) is 8.11. The zero-order valence-corrected chi connectivity index (χ0v) is 30.7. The fourth-order valence-corrected chi connectivity index (χ4v) is 8.11. The van der Waals surface area contributed by atoms with E-state index in [4.69, 9.17) is 4.42 Å². The van der Waals surface area contributed by atoms with Crippen LogP contribution < -0.4 is 4.90 Å². The van der Waals surface area contributed by atoms with E-state index in [-0.39, 0.29) is 0 Å². The molecule has 0 unspecified atom stereocenters. The lowest BCUT2D eigenvalue weighted by Crippen LogP contribution is -2.12. The maximum absolute atomic E-state index is 6.56. The van der Waals surface area contributed by atoms with E-state index in [0.717, 1.165) is 66.8 Å². The molecule has 0 spiro atoms. The molecule has 0 radical (unpaired) electrons. The summed E-state index contributed by atoms with van der Waals surface area (Å²) in [6.45, 7) is 0. The summed E-state index contributed by atoms with van der Waals surface area (Å²) in [5.41, 5.74) is 16.5. The molecule has 10 aromatic rings. The lowest BCUT2D eigenvalue weighted by molar-refractivity contribution is 0.670. The second-order valence-corrected chi connectivity index (χ2v) is 14.1. The minimum Gasteiger partial charge on any atom is -0.455 e. The molecule has 1 aromatic heterocycles. The van der Waals surface area contributed by atoms with Crippen LogP contribution in [0.25, 0.3) is 77.6 Å². The standard InChI is InChI=1S/C54H37NO/c1-4-18-38(19-5-1)41-24-14-26-43(36-41)55(44-27-15-25-42(37-44)47-32-16-33-50-48-29-12-13-35-52(48)56-54(47)50)51-34-17-31-46(40-22-8-3-9-23-40)53(51)49-30-11-10-28-45(49)39-20-6-2-7-21-39/h1-37H. The van der Waals surface area contributed by atoms with Crippen molar-refractivity contribution < 1.29 is 4.42 Å². The van der Waals surface area contributed by atoms with Crippen LogP contribution in [-0.4, -0.2) is 0 Å². The third kappa shape index (κ3) is 6.04. The van der Waals surface area contributed by atoms with Crippen LogP contribution in [0.3, 0.4) is 0 Å². The van der Waals surface area contributed by atoms with Crippen molar-refractivity contribution in [2.75, 3.05) is 4.90 Å². The van der Waals surface area contributed by atoms with Crippen molar-refractivity contribution in [2.45, 2.75) is 0 Å². The smallest absolute Gasteiger partial charge is 0.143 e. The number of rotatable bonds is 8. The third-order valence-electron chi connectivity index (χ3n) is 10.7. The molecule has 0 atom stereocenters. The van der Waals surface area contributed by atoms with Gasteiger partial charge in [-0.2, -0.15) is 0 Å². The summed E-state index contributed by atoms with van der Waals surface area (Å²) in [6, 6.07) is 80.1. The van der Waals surface area contributed by atoms with Gasteiger partial charge >= 0.3 is 0 Å². The number of hydrogen-bond donors (Lipinski definition) is 0. The summed E-state index contributed by atoms with van der Waals surface area (Å²) >= 11 is 0. The van der Waals surface area contributed by atoms with E-state index in [9.17, 15) is 0 Å². The maximum Gasteiger partial charge on any atom is 0.143 e. The molecular formula is C54H37NO. The number of anilines is 3. The minimum atomic E-state index is 0.893. The number of furan rings is 1. The maximum atomic E-state index is 6.56. The van der Waals surface area contributed by atoms with E-state index < -0.39 is 0 Å². The van der Waals surface area contributed by atoms with Gasteiger partial charge in [-0.15, -0.1) is 0 Å². The number of para-hydroxylation sites is 2. The molecule has 0 fully saturated rings. The molecule has 0 N–H and O–H groups in total. The van der Waals surface area contributed by atoms with Crippen LogP contribution in [0.2, 0.25) is 0 Å². The lowest BCUT2D eigenvalue weighted by atomic mass is 9.87. The van der Waals surface area contributed by atoms with Gasteiger partial charge in [0.05, 0.1) is 5.69 Å². The van der Waals surface area contributed by atoms with Gasteiger partial charge in [0.2, 0.25) is 0 Å². The Morgan fingerprint density at radius 2 is 0.786 bits per heavy atom. The van der Waals surface area contributed by atoms with E-state index >= 15 is 0 Å². The largest absolute Gasteiger partial charge is 0.455 e. The molecule has 0 aliphatic rings. The summed E-state index contributed by atoms with van der Waals surface area (Å²) < 4.78 is 6.56. The first-order valence-corrected chi connectivity index (χ1v) is 19.1. The molecule has 2 heteroatoms. The van der Waals surface area contributed by atoms with Gasteiger partial charge in [-0.3, -0.25) is 0 Å². The van der Waals surface area contributed by atoms with Crippen LogP contribution in [-0.2, 0) is 0 Å². The Morgan fingerprint density at radius 1 is 0.304 bits per heavy atom. The lowest BCUT2D eigenvalue weighted by Gasteiger charge is -2.30. The highest BCUT2D eigenvalue weighted by atomic mass is 16.3. The molecule has 10 rings (SSSR count). The van der Waals surface area contributed by atoms with Crippen molar-refractivity contribution in [3.63, 3.8) is 0 Å². The molecule has 0 bridgehead atoms. The van der Waals surface area contributed by atoms with Crippen LogP contribution in [0.4, 0.5) is 17.1 Å². The van der Waals surface area contributed by atoms with Crippen molar-refractivity contribution >= 4 is 39.0 Å². The van der Waals surface area contributed by atoms with E-state index in [0.29, 0.717) is 0 Å². The summed E-state index contributed by atoms with van der Waals surface area (Å²) in [5.74, 6) is 0. The quantitative estimate of drug-likeness (QED) is 0.156. The van der Waals surface area contributed by atoms with Gasteiger partial charge in [0.25, 0.3) is 0 Å². The van der Waals surface area contributed by atoms with Crippen molar-refractivity contribution in [1.82, 2.24) is 0 Å². The molecule has 264 valence electrons. The molecule has 0 saturated carbocycles. The molecule has 56 heavy (non-hydrogen) atoms. The van der Waals surface area contributed by atoms with Gasteiger partial charge < -0.3 is 9.32 Å². The average Bonchev–Trinajstić information content (AvgIpc) is 3.67. The third-order valence-corrected chi connectivity index (χ3v) is 10.7. The van der Waals surface area contributed by atoms with Crippen molar-refractivity contribution in [3.8, 4) is 55.6 Å². The molecular weight excluding hydrogens is 679 g/mol. The molecule has 0 aliphatic heterocycles. The predicted molar refractivity (Wildman–Crippen MR) is 236 cm³/mol. The van der Waals surface area contributed by atoms with Gasteiger partial charge in [0.15, 0.2) is 0 Å². The van der Waals surface area contributed by atoms with Gasteiger partial charge in [-0.05, 0) is 80.9 Å². The first kappa shape index (κ1) is 33.2. The molecule has 0 amide bonds. The van der Waals surface area contributed by atoms with Crippen LogP contribution in [0.1, 0.15) is 0 Å². The Hall–Kier alpha value is -7.42. The molecule has 2 nitrogen and oxygen atoms in total. The van der Waals surface area contributed by atoms with Gasteiger partial charge in [0, 0.05) is 33.3 Å². The van der Waals surface area contributed by atoms with Gasteiger partial charge in [-0.25, -0.2) is 0 Å². The van der Waals surface area contributed by atoms with Crippen molar-refractivity contribution in [2.24, 2.45) is 0 Å². The average molecular weight is 716 g/mol. The Morgan fingerprint density at radius 3 is 1.52 bits per heavy atom. The highest BCUT2D eigenvalue weighted by Crippen LogP contribution is 2.49. The van der Waals surface area contributed by atoms with E-state index in [1.165, 1.54) is 27.8 Å². The van der Waals surface area contributed by atoms with Crippen molar-refractivity contribution in [1.29, 1.82) is 0 Å². The van der Waals surface area contributed by atoms with E-state index in [1.807, 2.05) is 12.1 Å². The topological polar surface area (TPSA) is 16.4 Å².